The molecule has 1 fully saturated rings. The first kappa shape index (κ1) is 27.6. The van der Waals surface area contributed by atoms with Gasteiger partial charge in [0.05, 0.1) is 46.4 Å². The highest BCUT2D eigenvalue weighted by Crippen LogP contribution is 2.35. The van der Waals surface area contributed by atoms with Gasteiger partial charge in [0.2, 0.25) is 5.88 Å². The zero-order valence-corrected chi connectivity index (χ0v) is 22.9. The van der Waals surface area contributed by atoms with E-state index in [1.807, 2.05) is 87.0 Å². The fourth-order valence-corrected chi connectivity index (χ4v) is 4.58. The second-order valence-electron chi connectivity index (χ2n) is 10.6. The third-order valence-corrected chi connectivity index (χ3v) is 6.54. The highest BCUT2D eigenvalue weighted by molar-refractivity contribution is 6.32. The summed E-state index contributed by atoms with van der Waals surface area (Å²) >= 11 is 6.46. The van der Waals surface area contributed by atoms with Crippen molar-refractivity contribution in [3.05, 3.63) is 70.9 Å². The Kier molecular flexibility index (Phi) is 9.27. The van der Waals surface area contributed by atoms with Gasteiger partial charge in [-0.2, -0.15) is 5.10 Å². The molecule has 0 amide bonds. The molecule has 1 aromatic heterocycles. The van der Waals surface area contributed by atoms with Crippen LogP contribution in [0.3, 0.4) is 0 Å². The number of nitrogens with zero attached hydrogens (tertiary/aromatic N) is 3. The van der Waals surface area contributed by atoms with E-state index in [0.717, 1.165) is 36.4 Å². The van der Waals surface area contributed by atoms with Gasteiger partial charge in [-0.3, -0.25) is 4.90 Å². The molecule has 200 valence electrons. The van der Waals surface area contributed by atoms with Crippen LogP contribution in [-0.4, -0.2) is 63.9 Å². The number of aromatic nitrogens is 2. The van der Waals surface area contributed by atoms with Crippen LogP contribution < -0.4 is 4.74 Å². The average molecular weight is 528 g/mol. The van der Waals surface area contributed by atoms with Crippen molar-refractivity contribution in [1.29, 1.82) is 0 Å². The minimum atomic E-state index is -0.641. The quantitative estimate of drug-likeness (QED) is 0.341. The summed E-state index contributed by atoms with van der Waals surface area (Å²) in [6, 6.07) is 17.3. The summed E-state index contributed by atoms with van der Waals surface area (Å²) in [5, 5.41) is 16.2. The molecular formula is C29H38ClN3O4. The maximum absolute atomic E-state index is 10.9. The monoisotopic (exact) mass is 527 g/mol. The van der Waals surface area contributed by atoms with E-state index in [9.17, 15) is 5.11 Å². The third kappa shape index (κ3) is 7.79. The molecule has 0 aliphatic carbocycles. The molecule has 1 aliphatic heterocycles. The predicted octanol–water partition coefficient (Wildman–Crippen LogP) is 5.78. The molecule has 0 spiro atoms. The van der Waals surface area contributed by atoms with Crippen LogP contribution in [0.5, 0.6) is 11.6 Å². The lowest BCUT2D eigenvalue weighted by Gasteiger charge is -2.29. The average Bonchev–Trinajstić information content (AvgIpc) is 3.48. The molecule has 1 saturated heterocycles. The molecule has 2 aromatic carbocycles. The SMILES string of the molecule is Cc1nn(-c2ccccc2)c(Oc2ccccc2Cl)c1CN(C[C@@H](O)COC(C)(C)C)C[C@@H]1CCCO1. The molecule has 2 heterocycles. The van der Waals surface area contributed by atoms with Crippen molar-refractivity contribution < 1.29 is 19.3 Å². The zero-order chi connectivity index (χ0) is 26.4. The van der Waals surface area contributed by atoms with E-state index in [2.05, 4.69) is 4.90 Å². The first-order chi connectivity index (χ1) is 17.7. The second-order valence-corrected chi connectivity index (χ2v) is 11.0. The van der Waals surface area contributed by atoms with Gasteiger partial charge >= 0.3 is 0 Å². The summed E-state index contributed by atoms with van der Waals surface area (Å²) in [6.07, 6.45) is 1.56. The second kappa shape index (κ2) is 12.4. The van der Waals surface area contributed by atoms with E-state index < -0.39 is 6.10 Å². The number of hydrogen-bond donors (Lipinski definition) is 1. The van der Waals surface area contributed by atoms with E-state index in [4.69, 9.17) is 30.9 Å². The molecule has 1 aliphatic rings. The number of hydrogen-bond acceptors (Lipinski definition) is 6. The molecule has 1 N–H and O–H groups in total. The summed E-state index contributed by atoms with van der Waals surface area (Å²) in [5.74, 6) is 1.17. The van der Waals surface area contributed by atoms with Gasteiger partial charge in [-0.15, -0.1) is 0 Å². The first-order valence-corrected chi connectivity index (χ1v) is 13.3. The van der Waals surface area contributed by atoms with Crippen molar-refractivity contribution in [2.45, 2.75) is 64.9 Å². The van der Waals surface area contributed by atoms with Crippen molar-refractivity contribution in [3.8, 4) is 17.3 Å². The Morgan fingerprint density at radius 1 is 1.16 bits per heavy atom. The summed E-state index contributed by atoms with van der Waals surface area (Å²) in [4.78, 5) is 2.21. The highest BCUT2D eigenvalue weighted by Gasteiger charge is 2.26. The van der Waals surface area contributed by atoms with Crippen molar-refractivity contribution in [1.82, 2.24) is 14.7 Å². The molecule has 0 radical (unpaired) electrons. The van der Waals surface area contributed by atoms with E-state index in [1.54, 1.807) is 0 Å². The number of benzene rings is 2. The Balaban J connectivity index is 1.65. The van der Waals surface area contributed by atoms with E-state index in [1.165, 1.54) is 0 Å². The van der Waals surface area contributed by atoms with E-state index in [0.29, 0.717) is 36.3 Å². The molecule has 8 heteroatoms. The van der Waals surface area contributed by atoms with Gasteiger partial charge < -0.3 is 19.3 Å². The summed E-state index contributed by atoms with van der Waals surface area (Å²) in [6.45, 7) is 10.7. The van der Waals surface area contributed by atoms with Crippen molar-refractivity contribution in [2.75, 3.05) is 26.3 Å². The van der Waals surface area contributed by atoms with Gasteiger partial charge in [0, 0.05) is 26.2 Å². The molecule has 0 bridgehead atoms. The van der Waals surface area contributed by atoms with Crippen LogP contribution in [0, 0.1) is 6.92 Å². The highest BCUT2D eigenvalue weighted by atomic mass is 35.5. The van der Waals surface area contributed by atoms with Crippen molar-refractivity contribution in [2.24, 2.45) is 0 Å². The topological polar surface area (TPSA) is 69.0 Å². The maximum Gasteiger partial charge on any atom is 0.227 e. The molecule has 2 atom stereocenters. The van der Waals surface area contributed by atoms with Crippen LogP contribution in [0.4, 0.5) is 0 Å². The fourth-order valence-electron chi connectivity index (χ4n) is 4.40. The van der Waals surface area contributed by atoms with Crippen LogP contribution in [0.1, 0.15) is 44.9 Å². The lowest BCUT2D eigenvalue weighted by Crippen LogP contribution is -2.40. The largest absolute Gasteiger partial charge is 0.437 e. The van der Waals surface area contributed by atoms with Gasteiger partial charge in [0.25, 0.3) is 0 Å². The molecule has 0 unspecified atom stereocenters. The van der Waals surface area contributed by atoms with Crippen LogP contribution in [-0.2, 0) is 16.0 Å². The summed E-state index contributed by atoms with van der Waals surface area (Å²) in [7, 11) is 0. The summed E-state index contributed by atoms with van der Waals surface area (Å²) in [5.41, 5.74) is 2.36. The Hall–Kier alpha value is -2.42. The number of rotatable bonds is 11. The van der Waals surface area contributed by atoms with E-state index >= 15 is 0 Å². The fraction of sp³-hybridized carbons (Fsp3) is 0.483. The van der Waals surface area contributed by atoms with Gasteiger partial charge in [-0.1, -0.05) is 41.9 Å². The molecule has 7 nitrogen and oxygen atoms in total. The van der Waals surface area contributed by atoms with Gasteiger partial charge in [-0.05, 0) is 64.8 Å². The molecule has 3 aromatic rings. The minimum Gasteiger partial charge on any atom is -0.437 e. The van der Waals surface area contributed by atoms with Crippen molar-refractivity contribution in [3.63, 3.8) is 0 Å². The molecular weight excluding hydrogens is 490 g/mol. The summed E-state index contributed by atoms with van der Waals surface area (Å²) < 4.78 is 20.0. The zero-order valence-electron chi connectivity index (χ0n) is 22.2. The lowest BCUT2D eigenvalue weighted by atomic mass is 10.1. The Morgan fingerprint density at radius 2 is 1.89 bits per heavy atom. The van der Waals surface area contributed by atoms with Crippen LogP contribution in [0.2, 0.25) is 5.02 Å². The number of ether oxygens (including phenoxy) is 3. The van der Waals surface area contributed by atoms with Gasteiger partial charge in [-0.25, -0.2) is 4.68 Å². The van der Waals surface area contributed by atoms with Crippen molar-refractivity contribution >= 4 is 11.6 Å². The molecule has 4 rings (SSSR count). The standard InChI is InChI=1S/C29H38ClN3O4/c1-21-25(19-32(18-24-13-10-16-35-24)17-23(34)20-36-29(2,3)4)28(37-27-15-9-8-14-26(27)30)33(31-21)22-11-6-5-7-12-22/h5-9,11-12,14-15,23-24,34H,10,13,16-20H2,1-4H3/t23-,24+/m1/s1. The van der Waals surface area contributed by atoms with Gasteiger partial charge in [0.1, 0.15) is 5.75 Å². The molecule has 0 saturated carbocycles. The maximum atomic E-state index is 10.9. The molecule has 37 heavy (non-hydrogen) atoms. The smallest absolute Gasteiger partial charge is 0.227 e. The lowest BCUT2D eigenvalue weighted by molar-refractivity contribution is -0.0594. The third-order valence-electron chi connectivity index (χ3n) is 6.23. The van der Waals surface area contributed by atoms with Gasteiger partial charge in [0.15, 0.2) is 0 Å². The number of halogens is 1. The Labute approximate surface area is 224 Å². The number of aliphatic hydroxyl groups excluding tert-OH is 1. The first-order valence-electron chi connectivity index (χ1n) is 12.9. The minimum absolute atomic E-state index is 0.133. The number of aryl methyl sites for hydroxylation is 1. The van der Waals surface area contributed by atoms with Crippen LogP contribution in [0.15, 0.2) is 54.6 Å². The van der Waals surface area contributed by atoms with Crippen LogP contribution in [0.25, 0.3) is 5.69 Å². The Bertz CT molecular complexity index is 1140. The predicted molar refractivity (Wildman–Crippen MR) is 146 cm³/mol. The number of para-hydroxylation sites is 2. The Morgan fingerprint density at radius 3 is 2.57 bits per heavy atom. The van der Waals surface area contributed by atoms with E-state index in [-0.39, 0.29) is 18.3 Å². The normalized spacial score (nSPS) is 16.9. The number of aliphatic hydroxyl groups is 1. The van der Waals surface area contributed by atoms with Crippen LogP contribution >= 0.6 is 11.6 Å².